The van der Waals surface area contributed by atoms with Crippen LogP contribution in [0.4, 0.5) is 4.39 Å². The van der Waals surface area contributed by atoms with Crippen LogP contribution in [0.15, 0.2) is 24.3 Å². The zero-order valence-electron chi connectivity index (χ0n) is 6.71. The number of halogens is 3. The Morgan fingerprint density at radius 1 is 1.15 bits per heavy atom. The Hall–Kier alpha value is 0.840. The standard InChI is InChI=1S/C8H8FI2OP/c9-7-1-3-8(4-2-7)13(12,5-10)6-11/h1-4H,5-6H2. The highest BCUT2D eigenvalue weighted by molar-refractivity contribution is 14.1. The van der Waals surface area contributed by atoms with Gasteiger partial charge in [-0.25, -0.2) is 4.39 Å². The molecule has 13 heavy (non-hydrogen) atoms. The van der Waals surface area contributed by atoms with E-state index in [1.165, 1.54) is 12.1 Å². The number of alkyl halides is 2. The van der Waals surface area contributed by atoms with Gasteiger partial charge in [-0.3, -0.25) is 0 Å². The lowest BCUT2D eigenvalue weighted by atomic mass is 10.4. The van der Waals surface area contributed by atoms with Crippen LogP contribution in [0.3, 0.4) is 0 Å². The van der Waals surface area contributed by atoms with Crippen LogP contribution in [0.2, 0.25) is 0 Å². The molecule has 0 aromatic heterocycles. The monoisotopic (exact) mass is 424 g/mol. The Labute approximate surface area is 104 Å². The van der Waals surface area contributed by atoms with Gasteiger partial charge in [0.2, 0.25) is 0 Å². The van der Waals surface area contributed by atoms with E-state index < -0.39 is 7.14 Å². The summed E-state index contributed by atoms with van der Waals surface area (Å²) in [5.41, 5.74) is 0. The van der Waals surface area contributed by atoms with Gasteiger partial charge in [0.15, 0.2) is 0 Å². The molecule has 1 aromatic rings. The second-order valence-electron chi connectivity index (χ2n) is 2.60. The first-order chi connectivity index (χ1) is 6.12. The van der Waals surface area contributed by atoms with Crippen molar-refractivity contribution >= 4 is 57.6 Å². The molecule has 0 amide bonds. The predicted octanol–water partition coefficient (Wildman–Crippen LogP) is 3.60. The third-order valence-electron chi connectivity index (χ3n) is 1.68. The van der Waals surface area contributed by atoms with E-state index in [1.807, 2.05) is 0 Å². The molecule has 0 saturated carbocycles. The molecular weight excluding hydrogens is 416 g/mol. The Morgan fingerprint density at radius 3 is 2.00 bits per heavy atom. The summed E-state index contributed by atoms with van der Waals surface area (Å²) in [5, 5.41) is 0.776. The first kappa shape index (κ1) is 11.9. The van der Waals surface area contributed by atoms with Gasteiger partial charge in [0.1, 0.15) is 13.0 Å². The Kier molecular flexibility index (Phi) is 4.65. The van der Waals surface area contributed by atoms with Crippen molar-refractivity contribution in [1.82, 2.24) is 0 Å². The van der Waals surface area contributed by atoms with Crippen molar-refractivity contribution in [2.75, 3.05) is 8.34 Å². The molecule has 1 rings (SSSR count). The van der Waals surface area contributed by atoms with Crippen LogP contribution in [0.1, 0.15) is 0 Å². The lowest BCUT2D eigenvalue weighted by molar-refractivity contribution is 0.587. The number of hydrogen-bond donors (Lipinski definition) is 0. The molecule has 0 aliphatic heterocycles. The van der Waals surface area contributed by atoms with Crippen molar-refractivity contribution < 1.29 is 8.96 Å². The van der Waals surface area contributed by atoms with Crippen molar-refractivity contribution in [2.45, 2.75) is 0 Å². The number of benzene rings is 1. The van der Waals surface area contributed by atoms with Crippen LogP contribution < -0.4 is 5.30 Å². The summed E-state index contributed by atoms with van der Waals surface area (Å²) in [6, 6.07) is 5.96. The molecule has 72 valence electrons. The van der Waals surface area contributed by atoms with Gasteiger partial charge in [-0.2, -0.15) is 0 Å². The van der Waals surface area contributed by atoms with E-state index in [1.54, 1.807) is 12.1 Å². The maximum Gasteiger partial charge on any atom is 0.134 e. The Bertz CT molecular complexity index is 317. The predicted molar refractivity (Wildman–Crippen MR) is 71.4 cm³/mol. The molecule has 0 atom stereocenters. The first-order valence-electron chi connectivity index (χ1n) is 3.58. The lowest BCUT2D eigenvalue weighted by Crippen LogP contribution is -2.06. The Balaban J connectivity index is 3.07. The zero-order chi connectivity index (χ0) is 9.90. The van der Waals surface area contributed by atoms with Crippen LogP contribution in [0, 0.1) is 5.82 Å². The van der Waals surface area contributed by atoms with E-state index in [0.29, 0.717) is 8.34 Å². The molecule has 0 radical (unpaired) electrons. The minimum atomic E-state index is -2.25. The van der Waals surface area contributed by atoms with Crippen LogP contribution in [-0.4, -0.2) is 8.34 Å². The zero-order valence-corrected chi connectivity index (χ0v) is 11.9. The van der Waals surface area contributed by atoms with Gasteiger partial charge in [-0.05, 0) is 24.3 Å². The molecule has 0 saturated heterocycles. The highest BCUT2D eigenvalue weighted by Crippen LogP contribution is 2.47. The highest BCUT2D eigenvalue weighted by atomic mass is 127. The van der Waals surface area contributed by atoms with Crippen molar-refractivity contribution in [1.29, 1.82) is 0 Å². The van der Waals surface area contributed by atoms with Gasteiger partial charge in [0, 0.05) is 5.30 Å². The summed E-state index contributed by atoms with van der Waals surface area (Å²) in [4.78, 5) is 0. The molecule has 0 aliphatic rings. The quantitative estimate of drug-likeness (QED) is 0.412. The van der Waals surface area contributed by atoms with E-state index in [0.717, 1.165) is 5.30 Å². The van der Waals surface area contributed by atoms with Gasteiger partial charge in [0.05, 0.1) is 8.34 Å². The smallest absolute Gasteiger partial charge is 0.134 e. The molecule has 1 aromatic carbocycles. The SMILES string of the molecule is O=P(CI)(CI)c1ccc(F)cc1. The van der Waals surface area contributed by atoms with Crippen LogP contribution in [0.25, 0.3) is 0 Å². The lowest BCUT2D eigenvalue weighted by Gasteiger charge is -2.11. The number of hydrogen-bond acceptors (Lipinski definition) is 1. The number of rotatable bonds is 3. The van der Waals surface area contributed by atoms with Crippen LogP contribution in [0.5, 0.6) is 0 Å². The topological polar surface area (TPSA) is 17.1 Å². The third-order valence-corrected chi connectivity index (χ3v) is 10.3. The molecule has 0 spiro atoms. The van der Waals surface area contributed by atoms with Gasteiger partial charge >= 0.3 is 0 Å². The van der Waals surface area contributed by atoms with E-state index >= 15 is 0 Å². The molecule has 0 aliphatic carbocycles. The largest absolute Gasteiger partial charge is 0.317 e. The summed E-state index contributed by atoms with van der Waals surface area (Å²) in [6.07, 6.45) is 0. The van der Waals surface area contributed by atoms with Crippen molar-refractivity contribution in [3.8, 4) is 0 Å². The second-order valence-corrected chi connectivity index (χ2v) is 9.47. The Morgan fingerprint density at radius 2 is 1.62 bits per heavy atom. The molecule has 5 heteroatoms. The van der Waals surface area contributed by atoms with Crippen molar-refractivity contribution in [3.63, 3.8) is 0 Å². The highest BCUT2D eigenvalue weighted by Gasteiger charge is 2.21. The first-order valence-corrected chi connectivity index (χ1v) is 8.71. The third kappa shape index (κ3) is 2.89. The molecule has 0 N–H and O–H groups in total. The molecule has 1 nitrogen and oxygen atoms in total. The fourth-order valence-corrected chi connectivity index (χ4v) is 8.50. The summed E-state index contributed by atoms with van der Waals surface area (Å²) in [6.45, 7) is 0. The van der Waals surface area contributed by atoms with Gasteiger partial charge < -0.3 is 4.57 Å². The van der Waals surface area contributed by atoms with E-state index in [2.05, 4.69) is 45.2 Å². The van der Waals surface area contributed by atoms with Crippen LogP contribution in [-0.2, 0) is 4.57 Å². The summed E-state index contributed by atoms with van der Waals surface area (Å²) >= 11 is 4.23. The average Bonchev–Trinajstić information content (AvgIpc) is 2.18. The summed E-state index contributed by atoms with van der Waals surface area (Å²) in [7, 11) is -2.25. The van der Waals surface area contributed by atoms with E-state index in [-0.39, 0.29) is 5.82 Å². The minimum absolute atomic E-state index is 0.280. The fourth-order valence-electron chi connectivity index (χ4n) is 0.883. The second kappa shape index (κ2) is 5.07. The van der Waals surface area contributed by atoms with Crippen molar-refractivity contribution in [2.24, 2.45) is 0 Å². The molecule has 0 unspecified atom stereocenters. The fraction of sp³-hybridized carbons (Fsp3) is 0.250. The average molecular weight is 424 g/mol. The van der Waals surface area contributed by atoms with E-state index in [4.69, 9.17) is 0 Å². The van der Waals surface area contributed by atoms with Gasteiger partial charge in [0.25, 0.3) is 0 Å². The normalized spacial score (nSPS) is 11.6. The maximum atomic E-state index is 12.6. The molecule has 0 fully saturated rings. The summed E-state index contributed by atoms with van der Waals surface area (Å²) in [5.74, 6) is -0.280. The molecule has 0 heterocycles. The summed E-state index contributed by atoms with van der Waals surface area (Å²) < 4.78 is 25.9. The van der Waals surface area contributed by atoms with Crippen LogP contribution >= 0.6 is 52.3 Å². The maximum absolute atomic E-state index is 12.6. The van der Waals surface area contributed by atoms with Gasteiger partial charge in [-0.1, -0.05) is 45.2 Å². The van der Waals surface area contributed by atoms with Crippen molar-refractivity contribution in [3.05, 3.63) is 30.1 Å². The van der Waals surface area contributed by atoms with Gasteiger partial charge in [-0.15, -0.1) is 0 Å². The minimum Gasteiger partial charge on any atom is -0.317 e. The molecule has 0 bridgehead atoms. The molecular formula is C8H8FI2OP. The van der Waals surface area contributed by atoms with E-state index in [9.17, 15) is 8.96 Å².